The Morgan fingerprint density at radius 2 is 2.20 bits per heavy atom. The molecule has 0 spiro atoms. The number of hydrogen-bond acceptors (Lipinski definition) is 2. The molecule has 0 amide bonds. The van der Waals surface area contributed by atoms with Crippen molar-refractivity contribution in [3.8, 4) is 0 Å². The first-order valence-corrected chi connectivity index (χ1v) is 3.27. The third-order valence-electron chi connectivity index (χ3n) is 0.964. The summed E-state index contributed by atoms with van der Waals surface area (Å²) in [5.41, 5.74) is 0. The Labute approximate surface area is 60.7 Å². The molecule has 1 heterocycles. The maximum atomic E-state index is 10.0. The molecular weight excluding hydrogens is 128 g/mol. The Hall–Kier alpha value is -1.12. The smallest absolute Gasteiger partial charge is 0.185 e. The Morgan fingerprint density at radius 3 is 2.40 bits per heavy atom. The second kappa shape index (κ2) is 4.73. The molecule has 3 heteroatoms. The van der Waals surface area contributed by atoms with E-state index >= 15 is 0 Å². The molecule has 0 saturated carbocycles. The molecule has 10 heavy (non-hydrogen) atoms. The molecule has 0 aliphatic heterocycles. The van der Waals surface area contributed by atoms with Gasteiger partial charge in [-0.1, -0.05) is 13.8 Å². The van der Waals surface area contributed by atoms with E-state index in [-0.39, 0.29) is 0 Å². The maximum absolute atomic E-state index is 10.0. The molecule has 0 N–H and O–H groups in total. The minimum absolute atomic E-state index is 0.463. The number of aromatic nitrogens is 2. The van der Waals surface area contributed by atoms with Gasteiger partial charge in [-0.15, -0.1) is 0 Å². The molecule has 56 valence electrons. The molecule has 0 bridgehead atoms. The number of carbonyl (C=O) groups is 1. The van der Waals surface area contributed by atoms with E-state index in [1.165, 1.54) is 0 Å². The molecule has 0 atom stereocenters. The predicted octanol–water partition coefficient (Wildman–Crippen LogP) is 1.26. The monoisotopic (exact) mass is 140 g/mol. The van der Waals surface area contributed by atoms with Crippen LogP contribution in [0, 0.1) is 0 Å². The second-order valence-corrected chi connectivity index (χ2v) is 1.51. The molecule has 0 fully saturated rings. The Bertz CT molecular complexity index is 193. The van der Waals surface area contributed by atoms with Gasteiger partial charge in [-0.05, 0) is 0 Å². The van der Waals surface area contributed by atoms with Crippen LogP contribution in [0.25, 0.3) is 0 Å². The van der Waals surface area contributed by atoms with E-state index in [0.717, 1.165) is 6.29 Å². The van der Waals surface area contributed by atoms with Gasteiger partial charge in [0.2, 0.25) is 0 Å². The number of carbonyl (C=O) groups excluding carboxylic acids is 1. The van der Waals surface area contributed by atoms with Crippen molar-refractivity contribution in [1.82, 2.24) is 9.55 Å². The number of aryl methyl sites for hydroxylation is 1. The lowest BCUT2D eigenvalue weighted by Crippen LogP contribution is -1.92. The molecule has 0 unspecified atom stereocenters. The van der Waals surface area contributed by atoms with Crippen molar-refractivity contribution in [2.45, 2.75) is 13.8 Å². The number of rotatable bonds is 1. The molecule has 1 aromatic heterocycles. The molecule has 3 nitrogen and oxygen atoms in total. The van der Waals surface area contributed by atoms with Gasteiger partial charge in [0.1, 0.15) is 0 Å². The highest BCUT2D eigenvalue weighted by molar-refractivity contribution is 5.68. The van der Waals surface area contributed by atoms with Gasteiger partial charge in [0.25, 0.3) is 0 Å². The van der Waals surface area contributed by atoms with Crippen LogP contribution < -0.4 is 0 Å². The first kappa shape index (κ1) is 8.88. The molecule has 0 saturated heterocycles. The van der Waals surface area contributed by atoms with Crippen LogP contribution in [-0.4, -0.2) is 15.8 Å². The van der Waals surface area contributed by atoms with E-state index in [4.69, 9.17) is 0 Å². The molecule has 1 aromatic rings. The standard InChI is InChI=1S/C5H6N2O.C2H6/c1-7-3-2-6-5(7)4-8;1-2/h2-4H,1H3;1-2H3. The zero-order valence-corrected chi connectivity index (χ0v) is 6.53. The maximum Gasteiger partial charge on any atom is 0.185 e. The number of nitrogens with zero attached hydrogens (tertiary/aromatic N) is 2. The van der Waals surface area contributed by atoms with E-state index in [1.807, 2.05) is 13.8 Å². The zero-order chi connectivity index (χ0) is 7.98. The summed E-state index contributed by atoms with van der Waals surface area (Å²) < 4.78 is 1.66. The van der Waals surface area contributed by atoms with E-state index < -0.39 is 0 Å². The summed E-state index contributed by atoms with van der Waals surface area (Å²) in [7, 11) is 1.77. The highest BCUT2D eigenvalue weighted by atomic mass is 16.1. The average Bonchev–Trinajstić information content (AvgIpc) is 2.39. The van der Waals surface area contributed by atoms with Crippen LogP contribution in [0.3, 0.4) is 0 Å². The highest BCUT2D eigenvalue weighted by Crippen LogP contribution is 1.86. The van der Waals surface area contributed by atoms with E-state index in [9.17, 15) is 4.79 Å². The fourth-order valence-corrected chi connectivity index (χ4v) is 0.491. The van der Waals surface area contributed by atoms with E-state index in [0.29, 0.717) is 5.82 Å². The first-order chi connectivity index (χ1) is 4.84. The van der Waals surface area contributed by atoms with Gasteiger partial charge in [-0.2, -0.15) is 0 Å². The number of aldehydes is 1. The van der Waals surface area contributed by atoms with Gasteiger partial charge in [0.05, 0.1) is 0 Å². The van der Waals surface area contributed by atoms with Crippen LogP contribution in [-0.2, 0) is 7.05 Å². The van der Waals surface area contributed by atoms with Crippen molar-refractivity contribution < 1.29 is 4.79 Å². The second-order valence-electron chi connectivity index (χ2n) is 1.51. The van der Waals surface area contributed by atoms with Gasteiger partial charge in [-0.25, -0.2) is 4.98 Å². The van der Waals surface area contributed by atoms with Crippen molar-refractivity contribution in [3.63, 3.8) is 0 Å². The summed E-state index contributed by atoms with van der Waals surface area (Å²) in [6.45, 7) is 4.00. The summed E-state index contributed by atoms with van der Waals surface area (Å²) in [6, 6.07) is 0. The number of hydrogen-bond donors (Lipinski definition) is 0. The first-order valence-electron chi connectivity index (χ1n) is 3.27. The topological polar surface area (TPSA) is 34.9 Å². The molecule has 0 aromatic carbocycles. The van der Waals surface area contributed by atoms with Crippen molar-refractivity contribution >= 4 is 6.29 Å². The third kappa shape index (κ3) is 2.01. The van der Waals surface area contributed by atoms with Crippen LogP contribution in [0.5, 0.6) is 0 Å². The summed E-state index contributed by atoms with van der Waals surface area (Å²) in [5, 5.41) is 0. The predicted molar refractivity (Wildman–Crippen MR) is 39.9 cm³/mol. The quantitative estimate of drug-likeness (QED) is 0.550. The average molecular weight is 140 g/mol. The highest BCUT2D eigenvalue weighted by Gasteiger charge is 1.91. The molecule has 0 aliphatic rings. The normalized spacial score (nSPS) is 7.90. The van der Waals surface area contributed by atoms with Gasteiger partial charge in [-0.3, -0.25) is 4.79 Å². The van der Waals surface area contributed by atoms with Gasteiger partial charge in [0.15, 0.2) is 12.1 Å². The third-order valence-corrected chi connectivity index (χ3v) is 0.964. The van der Waals surface area contributed by atoms with Crippen LogP contribution >= 0.6 is 0 Å². The molecular formula is C7H12N2O. The SMILES string of the molecule is CC.Cn1ccnc1C=O. The zero-order valence-electron chi connectivity index (χ0n) is 6.53. The van der Waals surface area contributed by atoms with Crippen molar-refractivity contribution in [2.75, 3.05) is 0 Å². The Kier molecular flexibility index (Phi) is 4.20. The minimum atomic E-state index is 0.463. The van der Waals surface area contributed by atoms with Crippen molar-refractivity contribution in [3.05, 3.63) is 18.2 Å². The minimum Gasteiger partial charge on any atom is -0.332 e. The van der Waals surface area contributed by atoms with Crippen LogP contribution in [0.1, 0.15) is 24.5 Å². The Balaban J connectivity index is 0.000000371. The van der Waals surface area contributed by atoms with Crippen LogP contribution in [0.4, 0.5) is 0 Å². The lowest BCUT2D eigenvalue weighted by molar-refractivity contribution is 0.111. The molecule has 0 aliphatic carbocycles. The van der Waals surface area contributed by atoms with Gasteiger partial charge < -0.3 is 4.57 Å². The fourth-order valence-electron chi connectivity index (χ4n) is 0.491. The lowest BCUT2D eigenvalue weighted by atomic mass is 10.7. The van der Waals surface area contributed by atoms with E-state index in [2.05, 4.69) is 4.98 Å². The number of imidazole rings is 1. The molecule has 0 radical (unpaired) electrons. The van der Waals surface area contributed by atoms with Crippen molar-refractivity contribution in [1.29, 1.82) is 0 Å². The Morgan fingerprint density at radius 1 is 1.60 bits per heavy atom. The summed E-state index contributed by atoms with van der Waals surface area (Å²) in [4.78, 5) is 13.7. The summed E-state index contributed by atoms with van der Waals surface area (Å²) in [5.74, 6) is 0.463. The largest absolute Gasteiger partial charge is 0.332 e. The van der Waals surface area contributed by atoms with Gasteiger partial charge >= 0.3 is 0 Å². The van der Waals surface area contributed by atoms with Crippen LogP contribution in [0.15, 0.2) is 12.4 Å². The summed E-state index contributed by atoms with van der Waals surface area (Å²) in [6.07, 6.45) is 4.04. The van der Waals surface area contributed by atoms with E-state index in [1.54, 1.807) is 24.0 Å². The summed E-state index contributed by atoms with van der Waals surface area (Å²) >= 11 is 0. The van der Waals surface area contributed by atoms with Crippen molar-refractivity contribution in [2.24, 2.45) is 7.05 Å². The van der Waals surface area contributed by atoms with Gasteiger partial charge in [0, 0.05) is 19.4 Å². The fraction of sp³-hybridized carbons (Fsp3) is 0.429. The molecule has 1 rings (SSSR count). The van der Waals surface area contributed by atoms with Crippen LogP contribution in [0.2, 0.25) is 0 Å². The lowest BCUT2D eigenvalue weighted by Gasteiger charge is -1.86.